The number of halogens is 2. The molecule has 1 aliphatic rings. The van der Waals surface area contributed by atoms with E-state index in [-0.39, 0.29) is 23.4 Å². The monoisotopic (exact) mass is 439 g/mol. The van der Waals surface area contributed by atoms with E-state index in [1.165, 1.54) is 23.0 Å². The number of hydrogen-bond donors (Lipinski definition) is 2. The minimum Gasteiger partial charge on any atom is -0.432 e. The smallest absolute Gasteiger partial charge is 0.387 e. The first-order chi connectivity index (χ1) is 15.5. The second-order valence-electron chi connectivity index (χ2n) is 7.21. The molecule has 0 saturated heterocycles. The van der Waals surface area contributed by atoms with Gasteiger partial charge in [0, 0.05) is 18.3 Å². The molecule has 3 aromatic rings. The molecule has 164 valence electrons. The van der Waals surface area contributed by atoms with Gasteiger partial charge in [-0.15, -0.1) is 0 Å². The topological polar surface area (TPSA) is 118 Å². The van der Waals surface area contributed by atoms with Crippen LogP contribution in [0, 0.1) is 11.3 Å². The first-order valence-corrected chi connectivity index (χ1v) is 9.90. The first-order valence-electron chi connectivity index (χ1n) is 9.90. The molecule has 1 saturated carbocycles. The standard InChI is InChI=1S/C21H19F2N7O2/c22-20(23)32-17-11-26-21(27-12-17)29-15-5-4-14(8-15)28-18-6-3-13(9-24)19(31)30(18)16-2-1-7-25-10-16/h1-3,6-7,10-12,14-15,20,28H,4-5,8H2,(H,26,27,29)/t14-,15-/m0/s1. The second kappa shape index (κ2) is 9.38. The first kappa shape index (κ1) is 21.2. The van der Waals surface area contributed by atoms with Gasteiger partial charge in [-0.3, -0.25) is 14.3 Å². The number of nitrogens with one attached hydrogen (secondary N) is 2. The number of alkyl halides is 2. The molecular formula is C21H19F2N7O2. The fourth-order valence-electron chi connectivity index (χ4n) is 3.67. The molecule has 1 fully saturated rings. The van der Waals surface area contributed by atoms with Crippen LogP contribution in [0.15, 0.2) is 53.8 Å². The van der Waals surface area contributed by atoms with Crippen molar-refractivity contribution >= 4 is 11.8 Å². The summed E-state index contributed by atoms with van der Waals surface area (Å²) >= 11 is 0. The van der Waals surface area contributed by atoms with Gasteiger partial charge in [-0.2, -0.15) is 14.0 Å². The van der Waals surface area contributed by atoms with Crippen molar-refractivity contribution in [1.29, 1.82) is 5.26 Å². The number of ether oxygens (including phenoxy) is 1. The average Bonchev–Trinajstić information content (AvgIpc) is 3.22. The van der Waals surface area contributed by atoms with Crippen LogP contribution >= 0.6 is 0 Å². The number of pyridine rings is 2. The Balaban J connectivity index is 1.45. The van der Waals surface area contributed by atoms with E-state index in [0.717, 1.165) is 19.3 Å². The molecule has 0 aliphatic heterocycles. The van der Waals surface area contributed by atoms with E-state index in [1.807, 2.05) is 6.07 Å². The highest BCUT2D eigenvalue weighted by atomic mass is 19.3. The van der Waals surface area contributed by atoms with Gasteiger partial charge < -0.3 is 15.4 Å². The Morgan fingerprint density at radius 3 is 2.53 bits per heavy atom. The average molecular weight is 439 g/mol. The Morgan fingerprint density at radius 1 is 1.12 bits per heavy atom. The van der Waals surface area contributed by atoms with E-state index in [1.54, 1.807) is 30.6 Å². The predicted octanol–water partition coefficient (Wildman–Crippen LogP) is 2.94. The maximum atomic E-state index is 12.8. The van der Waals surface area contributed by atoms with Crippen molar-refractivity contribution in [3.8, 4) is 17.5 Å². The molecule has 4 rings (SSSR count). The van der Waals surface area contributed by atoms with E-state index in [2.05, 4.69) is 30.3 Å². The molecule has 9 nitrogen and oxygen atoms in total. The zero-order valence-corrected chi connectivity index (χ0v) is 16.8. The summed E-state index contributed by atoms with van der Waals surface area (Å²) in [6, 6.07) is 8.71. The molecule has 0 bridgehead atoms. The third kappa shape index (κ3) is 4.80. The lowest BCUT2D eigenvalue weighted by atomic mass is 10.2. The third-order valence-corrected chi connectivity index (χ3v) is 5.08. The Bertz CT molecular complexity index is 1160. The van der Waals surface area contributed by atoms with Gasteiger partial charge in [-0.05, 0) is 43.5 Å². The molecule has 0 spiro atoms. The minimum absolute atomic E-state index is 0.0433. The number of nitrogens with zero attached hydrogens (tertiary/aromatic N) is 5. The van der Waals surface area contributed by atoms with Gasteiger partial charge in [-0.25, -0.2) is 9.97 Å². The van der Waals surface area contributed by atoms with Gasteiger partial charge in [-0.1, -0.05) is 0 Å². The van der Waals surface area contributed by atoms with Gasteiger partial charge in [0.25, 0.3) is 5.56 Å². The molecule has 0 unspecified atom stereocenters. The molecule has 0 radical (unpaired) electrons. The molecule has 0 amide bonds. The van der Waals surface area contributed by atoms with Crippen molar-refractivity contribution in [2.24, 2.45) is 0 Å². The third-order valence-electron chi connectivity index (χ3n) is 5.08. The maximum absolute atomic E-state index is 12.8. The zero-order valence-electron chi connectivity index (χ0n) is 16.8. The molecule has 3 aromatic heterocycles. The molecule has 2 atom stereocenters. The van der Waals surface area contributed by atoms with Crippen molar-refractivity contribution in [2.75, 3.05) is 10.6 Å². The summed E-state index contributed by atoms with van der Waals surface area (Å²) < 4.78 is 30.2. The Kier molecular flexibility index (Phi) is 6.21. The quantitative estimate of drug-likeness (QED) is 0.577. The number of hydrogen-bond acceptors (Lipinski definition) is 8. The largest absolute Gasteiger partial charge is 0.432 e. The van der Waals surface area contributed by atoms with Crippen molar-refractivity contribution in [3.63, 3.8) is 0 Å². The van der Waals surface area contributed by atoms with Crippen LogP contribution in [0.5, 0.6) is 5.75 Å². The van der Waals surface area contributed by atoms with Gasteiger partial charge in [0.2, 0.25) is 5.95 Å². The van der Waals surface area contributed by atoms with Crippen molar-refractivity contribution < 1.29 is 13.5 Å². The lowest BCUT2D eigenvalue weighted by Crippen LogP contribution is -2.28. The molecule has 11 heteroatoms. The highest BCUT2D eigenvalue weighted by Crippen LogP contribution is 2.26. The summed E-state index contributed by atoms with van der Waals surface area (Å²) in [5.74, 6) is 0.783. The van der Waals surface area contributed by atoms with Gasteiger partial charge in [0.15, 0.2) is 5.75 Å². The Morgan fingerprint density at radius 2 is 1.88 bits per heavy atom. The molecule has 3 heterocycles. The normalized spacial score (nSPS) is 17.7. The van der Waals surface area contributed by atoms with Crippen LogP contribution in [0.3, 0.4) is 0 Å². The molecular weight excluding hydrogens is 420 g/mol. The van der Waals surface area contributed by atoms with Crippen LogP contribution < -0.4 is 20.9 Å². The van der Waals surface area contributed by atoms with E-state index >= 15 is 0 Å². The fourth-order valence-corrected chi connectivity index (χ4v) is 3.67. The predicted molar refractivity (Wildman–Crippen MR) is 112 cm³/mol. The summed E-state index contributed by atoms with van der Waals surface area (Å²) in [5, 5.41) is 15.8. The molecule has 0 aromatic carbocycles. The zero-order chi connectivity index (χ0) is 22.5. The molecule has 32 heavy (non-hydrogen) atoms. The number of nitriles is 1. The maximum Gasteiger partial charge on any atom is 0.387 e. The van der Waals surface area contributed by atoms with Crippen LogP contribution in [0.25, 0.3) is 5.69 Å². The van der Waals surface area contributed by atoms with Gasteiger partial charge >= 0.3 is 6.61 Å². The lowest BCUT2D eigenvalue weighted by Gasteiger charge is -2.19. The Hall–Kier alpha value is -4.07. The summed E-state index contributed by atoms with van der Waals surface area (Å²) in [6.07, 6.45) is 7.92. The summed E-state index contributed by atoms with van der Waals surface area (Å²) in [6.45, 7) is -2.93. The number of anilines is 2. The van der Waals surface area contributed by atoms with Crippen molar-refractivity contribution in [1.82, 2.24) is 19.5 Å². The second-order valence-corrected chi connectivity index (χ2v) is 7.21. The van der Waals surface area contributed by atoms with Crippen LogP contribution in [0.4, 0.5) is 20.5 Å². The minimum atomic E-state index is -2.93. The highest BCUT2D eigenvalue weighted by molar-refractivity contribution is 5.49. The van der Waals surface area contributed by atoms with Crippen LogP contribution in [-0.4, -0.2) is 38.2 Å². The van der Waals surface area contributed by atoms with Crippen molar-refractivity contribution in [3.05, 3.63) is 65.0 Å². The molecule has 2 N–H and O–H groups in total. The van der Waals surface area contributed by atoms with Crippen LogP contribution in [-0.2, 0) is 0 Å². The lowest BCUT2D eigenvalue weighted by molar-refractivity contribution is -0.0503. The van der Waals surface area contributed by atoms with Crippen LogP contribution in [0.2, 0.25) is 0 Å². The van der Waals surface area contributed by atoms with Gasteiger partial charge in [0.05, 0.1) is 24.3 Å². The van der Waals surface area contributed by atoms with E-state index < -0.39 is 12.2 Å². The SMILES string of the molecule is N#Cc1ccc(N[C@H]2CC[C@H](Nc3ncc(OC(F)F)cn3)C2)n(-c2cccnc2)c1=O. The summed E-state index contributed by atoms with van der Waals surface area (Å²) in [4.78, 5) is 24.9. The number of rotatable bonds is 7. The highest BCUT2D eigenvalue weighted by Gasteiger charge is 2.26. The van der Waals surface area contributed by atoms with Gasteiger partial charge in [0.1, 0.15) is 17.5 Å². The summed E-state index contributed by atoms with van der Waals surface area (Å²) in [7, 11) is 0. The van der Waals surface area contributed by atoms with E-state index in [4.69, 9.17) is 0 Å². The Labute approximate surface area is 181 Å². The summed E-state index contributed by atoms with van der Waals surface area (Å²) in [5.41, 5.74) is 0.184. The van der Waals surface area contributed by atoms with Crippen molar-refractivity contribution in [2.45, 2.75) is 38.0 Å². The molecule has 1 aliphatic carbocycles. The van der Waals surface area contributed by atoms with E-state index in [9.17, 15) is 18.8 Å². The fraction of sp³-hybridized carbons (Fsp3) is 0.286. The number of aromatic nitrogens is 4. The van der Waals surface area contributed by atoms with Crippen LogP contribution in [0.1, 0.15) is 24.8 Å². The van der Waals surface area contributed by atoms with E-state index in [0.29, 0.717) is 17.5 Å².